The van der Waals surface area contributed by atoms with Gasteiger partial charge in [0.05, 0.1) is 0 Å². The molecule has 0 fully saturated rings. The molecule has 0 bridgehead atoms. The Kier molecular flexibility index (Phi) is 3.76. The second kappa shape index (κ2) is 4.13. The number of rotatable bonds is 2. The second-order valence-corrected chi connectivity index (χ2v) is 1.98. The molecule has 0 aromatic heterocycles. The molecule has 1 N–H and O–H groups in total. The Bertz CT molecular complexity index is 127. The van der Waals surface area contributed by atoms with E-state index in [1.165, 1.54) is 6.92 Å². The van der Waals surface area contributed by atoms with Crippen LogP contribution in [-0.4, -0.2) is 5.91 Å². The van der Waals surface area contributed by atoms with Gasteiger partial charge in [-0.2, -0.15) is 0 Å². The lowest BCUT2D eigenvalue weighted by Gasteiger charge is -1.98. The molecule has 0 rings (SSSR count). The molecular weight excluding hydrogens is 114 g/mol. The van der Waals surface area contributed by atoms with Crippen LogP contribution in [0.25, 0.3) is 0 Å². The van der Waals surface area contributed by atoms with Gasteiger partial charge in [0.15, 0.2) is 0 Å². The smallest absolute Gasteiger partial charge is 0.220 e. The summed E-state index contributed by atoms with van der Waals surface area (Å²) >= 11 is 0. The van der Waals surface area contributed by atoms with Crippen LogP contribution in [0.1, 0.15) is 27.2 Å². The summed E-state index contributed by atoms with van der Waals surface area (Å²) in [6.07, 6.45) is 2.94. The minimum absolute atomic E-state index is 0.00259. The summed E-state index contributed by atoms with van der Waals surface area (Å²) in [5, 5.41) is 2.67. The Hall–Kier alpha value is -0.790. The zero-order chi connectivity index (χ0) is 7.28. The van der Waals surface area contributed by atoms with E-state index in [0.717, 1.165) is 12.1 Å². The number of nitrogens with one attached hydrogen (secondary N) is 1. The van der Waals surface area contributed by atoms with Crippen molar-refractivity contribution < 1.29 is 4.79 Å². The van der Waals surface area contributed by atoms with E-state index in [9.17, 15) is 4.79 Å². The van der Waals surface area contributed by atoms with Gasteiger partial charge in [0.2, 0.25) is 5.91 Å². The van der Waals surface area contributed by atoms with Crippen molar-refractivity contribution in [3.63, 3.8) is 0 Å². The fourth-order valence-corrected chi connectivity index (χ4v) is 0.635. The van der Waals surface area contributed by atoms with E-state index >= 15 is 0 Å². The van der Waals surface area contributed by atoms with Crippen molar-refractivity contribution in [2.24, 2.45) is 0 Å². The van der Waals surface area contributed by atoms with Crippen LogP contribution in [0.5, 0.6) is 0 Å². The van der Waals surface area contributed by atoms with Gasteiger partial charge in [-0.15, -0.1) is 0 Å². The molecule has 2 nitrogen and oxygen atoms in total. The summed E-state index contributed by atoms with van der Waals surface area (Å²) in [5.41, 5.74) is 0.935. The number of amides is 1. The number of hydrogen-bond donors (Lipinski definition) is 1. The van der Waals surface area contributed by atoms with Gasteiger partial charge in [0, 0.05) is 12.6 Å². The Morgan fingerprint density at radius 1 is 1.56 bits per heavy atom. The predicted octanol–water partition coefficient (Wildman–Crippen LogP) is 1.44. The van der Waals surface area contributed by atoms with E-state index in [4.69, 9.17) is 0 Å². The number of allylic oxidation sites excluding steroid dienone is 2. The van der Waals surface area contributed by atoms with Gasteiger partial charge >= 0.3 is 0 Å². The summed E-state index contributed by atoms with van der Waals surface area (Å²) in [6, 6.07) is 0. The van der Waals surface area contributed by atoms with Crippen LogP contribution < -0.4 is 5.32 Å². The van der Waals surface area contributed by atoms with Crippen molar-refractivity contribution in [2.45, 2.75) is 27.2 Å². The number of carbonyl (C=O) groups excluding carboxylic acids is 1. The largest absolute Gasteiger partial charge is 0.331 e. The van der Waals surface area contributed by atoms with Crippen LogP contribution in [0.15, 0.2) is 11.8 Å². The fraction of sp³-hybridized carbons (Fsp3) is 0.571. The van der Waals surface area contributed by atoms with Gasteiger partial charge in [-0.1, -0.05) is 13.0 Å². The van der Waals surface area contributed by atoms with Crippen molar-refractivity contribution in [2.75, 3.05) is 0 Å². The molecule has 0 aromatic carbocycles. The normalized spacial score (nSPS) is 11.2. The standard InChI is InChI=1S/C7H13NO/c1-4-5-6(2)8-7(3)9/h5H,4H2,1-3H3,(H,8,9)/b6-5+. The summed E-state index contributed by atoms with van der Waals surface area (Å²) in [5.74, 6) is -0.00259. The average molecular weight is 127 g/mol. The molecule has 0 aromatic rings. The first-order chi connectivity index (χ1) is 4.16. The van der Waals surface area contributed by atoms with Crippen LogP contribution in [0, 0.1) is 0 Å². The maximum Gasteiger partial charge on any atom is 0.220 e. The van der Waals surface area contributed by atoms with Gasteiger partial charge < -0.3 is 5.32 Å². The van der Waals surface area contributed by atoms with Crippen molar-refractivity contribution in [3.8, 4) is 0 Å². The minimum atomic E-state index is -0.00259. The molecule has 0 unspecified atom stereocenters. The highest BCUT2D eigenvalue weighted by Gasteiger charge is 1.88. The molecule has 1 amide bonds. The van der Waals surface area contributed by atoms with Gasteiger partial charge in [-0.3, -0.25) is 4.79 Å². The van der Waals surface area contributed by atoms with Gasteiger partial charge in [-0.25, -0.2) is 0 Å². The molecule has 52 valence electrons. The highest BCUT2D eigenvalue weighted by atomic mass is 16.1. The molecule has 0 atom stereocenters. The molecule has 0 saturated heterocycles. The monoisotopic (exact) mass is 127 g/mol. The lowest BCUT2D eigenvalue weighted by Crippen LogP contribution is -2.16. The topological polar surface area (TPSA) is 29.1 Å². The van der Waals surface area contributed by atoms with Crippen molar-refractivity contribution in [3.05, 3.63) is 11.8 Å². The Morgan fingerprint density at radius 3 is 2.44 bits per heavy atom. The first-order valence-corrected chi connectivity index (χ1v) is 3.11. The van der Waals surface area contributed by atoms with E-state index < -0.39 is 0 Å². The van der Waals surface area contributed by atoms with Gasteiger partial charge in [0.1, 0.15) is 0 Å². The Morgan fingerprint density at radius 2 is 2.11 bits per heavy atom. The van der Waals surface area contributed by atoms with Crippen LogP contribution in [0.3, 0.4) is 0 Å². The highest BCUT2D eigenvalue weighted by molar-refractivity contribution is 5.74. The van der Waals surface area contributed by atoms with Crippen LogP contribution in [-0.2, 0) is 4.79 Å². The van der Waals surface area contributed by atoms with E-state index in [-0.39, 0.29) is 5.91 Å². The lowest BCUT2D eigenvalue weighted by atomic mass is 10.3. The molecule has 2 heteroatoms. The van der Waals surface area contributed by atoms with E-state index in [2.05, 4.69) is 5.32 Å². The van der Waals surface area contributed by atoms with E-state index in [1.807, 2.05) is 19.9 Å². The third-order valence-corrected chi connectivity index (χ3v) is 0.884. The summed E-state index contributed by atoms with van der Waals surface area (Å²) < 4.78 is 0. The molecule has 0 saturated carbocycles. The zero-order valence-electron chi connectivity index (χ0n) is 6.19. The van der Waals surface area contributed by atoms with Crippen molar-refractivity contribution >= 4 is 5.91 Å². The summed E-state index contributed by atoms with van der Waals surface area (Å²) in [4.78, 5) is 10.4. The quantitative estimate of drug-likeness (QED) is 0.597. The molecular formula is C7H13NO. The SMILES string of the molecule is CC/C=C(\C)NC(C)=O. The molecule has 0 aliphatic heterocycles. The van der Waals surface area contributed by atoms with Crippen LogP contribution in [0.4, 0.5) is 0 Å². The van der Waals surface area contributed by atoms with Crippen molar-refractivity contribution in [1.82, 2.24) is 5.32 Å². The van der Waals surface area contributed by atoms with Gasteiger partial charge in [-0.05, 0) is 13.3 Å². The molecule has 0 radical (unpaired) electrons. The Balaban J connectivity index is 3.62. The maximum atomic E-state index is 10.4. The first kappa shape index (κ1) is 8.21. The molecule has 9 heavy (non-hydrogen) atoms. The van der Waals surface area contributed by atoms with Crippen LogP contribution in [0.2, 0.25) is 0 Å². The summed E-state index contributed by atoms with van der Waals surface area (Å²) in [7, 11) is 0. The van der Waals surface area contributed by atoms with Crippen LogP contribution >= 0.6 is 0 Å². The second-order valence-electron chi connectivity index (χ2n) is 1.98. The zero-order valence-corrected chi connectivity index (χ0v) is 6.19. The predicted molar refractivity (Wildman–Crippen MR) is 37.9 cm³/mol. The van der Waals surface area contributed by atoms with E-state index in [0.29, 0.717) is 0 Å². The Labute approximate surface area is 56.0 Å². The molecule has 0 aliphatic rings. The third kappa shape index (κ3) is 5.07. The van der Waals surface area contributed by atoms with Gasteiger partial charge in [0.25, 0.3) is 0 Å². The number of carbonyl (C=O) groups is 1. The number of hydrogen-bond acceptors (Lipinski definition) is 1. The molecule has 0 aliphatic carbocycles. The van der Waals surface area contributed by atoms with E-state index in [1.54, 1.807) is 0 Å². The highest BCUT2D eigenvalue weighted by Crippen LogP contribution is 1.88. The third-order valence-electron chi connectivity index (χ3n) is 0.884. The fourth-order valence-electron chi connectivity index (χ4n) is 0.635. The summed E-state index contributed by atoms with van der Waals surface area (Å²) in [6.45, 7) is 5.42. The molecule has 0 heterocycles. The van der Waals surface area contributed by atoms with Crippen molar-refractivity contribution in [1.29, 1.82) is 0 Å². The minimum Gasteiger partial charge on any atom is -0.331 e. The first-order valence-electron chi connectivity index (χ1n) is 3.11. The molecule has 0 spiro atoms. The lowest BCUT2D eigenvalue weighted by molar-refractivity contribution is -0.118. The average Bonchev–Trinajstić information content (AvgIpc) is 1.63. The maximum absolute atomic E-state index is 10.4.